The number of halogens is 1. The number of carbonyl (C=O) groups is 1. The van der Waals surface area contributed by atoms with Gasteiger partial charge in [0, 0.05) is 0 Å². The Bertz CT molecular complexity index is 526. The summed E-state index contributed by atoms with van der Waals surface area (Å²) in [7, 11) is 0. The van der Waals surface area contributed by atoms with Gasteiger partial charge in [-0.15, -0.1) is 12.4 Å². The van der Waals surface area contributed by atoms with Gasteiger partial charge in [-0.05, 0) is 23.1 Å². The van der Waals surface area contributed by atoms with Gasteiger partial charge in [-0.3, -0.25) is 4.79 Å². The minimum Gasteiger partial charge on any atom is -0.480 e. The Labute approximate surface area is 118 Å². The first-order valence-corrected chi connectivity index (χ1v) is 5.79. The Morgan fingerprint density at radius 1 is 1.00 bits per heavy atom. The number of benzene rings is 2. The van der Waals surface area contributed by atoms with Crippen molar-refractivity contribution in [2.75, 3.05) is 0 Å². The number of carboxylic acids is 1. The van der Waals surface area contributed by atoms with Crippen molar-refractivity contribution >= 4 is 18.4 Å². The molecule has 2 aromatic rings. The predicted molar refractivity (Wildman–Crippen MR) is 78.4 cm³/mol. The van der Waals surface area contributed by atoms with Crippen LogP contribution in [-0.2, 0) is 11.2 Å². The SMILES string of the molecule is Cl.N[C@H](Cc1ccc(-c2ccccc2)cc1)C(=O)O. The molecule has 2 rings (SSSR count). The van der Waals surface area contributed by atoms with Crippen LogP contribution >= 0.6 is 12.4 Å². The Morgan fingerprint density at radius 3 is 2.05 bits per heavy atom. The summed E-state index contributed by atoms with van der Waals surface area (Å²) in [5.74, 6) is -0.970. The zero-order chi connectivity index (χ0) is 13.0. The van der Waals surface area contributed by atoms with E-state index in [0.29, 0.717) is 6.42 Å². The van der Waals surface area contributed by atoms with E-state index in [1.54, 1.807) is 0 Å². The van der Waals surface area contributed by atoms with Gasteiger partial charge in [0.05, 0.1) is 0 Å². The van der Waals surface area contributed by atoms with Crippen molar-refractivity contribution in [1.82, 2.24) is 0 Å². The van der Waals surface area contributed by atoms with Gasteiger partial charge in [0.15, 0.2) is 0 Å². The van der Waals surface area contributed by atoms with Gasteiger partial charge in [-0.25, -0.2) is 0 Å². The second-order valence-electron chi connectivity index (χ2n) is 4.21. The molecule has 0 saturated heterocycles. The van der Waals surface area contributed by atoms with E-state index in [-0.39, 0.29) is 12.4 Å². The first kappa shape index (κ1) is 15.2. The molecule has 0 aromatic heterocycles. The lowest BCUT2D eigenvalue weighted by Crippen LogP contribution is -2.32. The van der Waals surface area contributed by atoms with Gasteiger partial charge < -0.3 is 10.8 Å². The monoisotopic (exact) mass is 277 g/mol. The van der Waals surface area contributed by atoms with E-state index in [1.165, 1.54) is 0 Å². The highest BCUT2D eigenvalue weighted by Crippen LogP contribution is 2.19. The third-order valence-corrected chi connectivity index (χ3v) is 2.83. The van der Waals surface area contributed by atoms with Crippen molar-refractivity contribution < 1.29 is 9.90 Å². The molecule has 0 radical (unpaired) electrons. The molecule has 3 N–H and O–H groups in total. The summed E-state index contributed by atoms with van der Waals surface area (Å²) in [6, 6.07) is 17.0. The van der Waals surface area contributed by atoms with E-state index in [4.69, 9.17) is 10.8 Å². The fraction of sp³-hybridized carbons (Fsp3) is 0.133. The first-order chi connectivity index (χ1) is 8.66. The molecule has 0 saturated carbocycles. The molecule has 4 heteroatoms. The molecule has 0 heterocycles. The average molecular weight is 278 g/mol. The van der Waals surface area contributed by atoms with Gasteiger partial charge in [0.2, 0.25) is 0 Å². The summed E-state index contributed by atoms with van der Waals surface area (Å²) in [4.78, 5) is 10.7. The van der Waals surface area contributed by atoms with Crippen molar-refractivity contribution in [3.8, 4) is 11.1 Å². The standard InChI is InChI=1S/C15H15NO2.ClH/c16-14(15(17)18)10-11-6-8-13(9-7-11)12-4-2-1-3-5-12;/h1-9,14H,10,16H2,(H,17,18);1H/t14-;/m1./s1. The van der Waals surface area contributed by atoms with Crippen molar-refractivity contribution in [1.29, 1.82) is 0 Å². The summed E-state index contributed by atoms with van der Waals surface area (Å²) in [5.41, 5.74) is 8.69. The lowest BCUT2D eigenvalue weighted by Gasteiger charge is -2.07. The topological polar surface area (TPSA) is 63.3 Å². The molecule has 0 bridgehead atoms. The van der Waals surface area contributed by atoms with Crippen molar-refractivity contribution in [2.24, 2.45) is 5.73 Å². The number of hydrogen-bond acceptors (Lipinski definition) is 2. The van der Waals surface area contributed by atoms with Gasteiger partial charge >= 0.3 is 5.97 Å². The van der Waals surface area contributed by atoms with Crippen LogP contribution in [0.2, 0.25) is 0 Å². The molecule has 2 aromatic carbocycles. The van der Waals surface area contributed by atoms with Gasteiger partial charge in [-0.1, -0.05) is 54.6 Å². The highest BCUT2D eigenvalue weighted by molar-refractivity contribution is 5.85. The second-order valence-corrected chi connectivity index (χ2v) is 4.21. The van der Waals surface area contributed by atoms with Crippen LogP contribution in [0.25, 0.3) is 11.1 Å². The van der Waals surface area contributed by atoms with Crippen LogP contribution < -0.4 is 5.73 Å². The van der Waals surface area contributed by atoms with Gasteiger partial charge in [0.1, 0.15) is 6.04 Å². The second kappa shape index (κ2) is 6.92. The molecule has 0 amide bonds. The highest BCUT2D eigenvalue weighted by atomic mass is 35.5. The van der Waals surface area contributed by atoms with Crippen LogP contribution in [0.1, 0.15) is 5.56 Å². The Hall–Kier alpha value is -1.84. The molecule has 0 aliphatic rings. The molecule has 3 nitrogen and oxygen atoms in total. The largest absolute Gasteiger partial charge is 0.480 e. The summed E-state index contributed by atoms with van der Waals surface area (Å²) in [5, 5.41) is 8.75. The average Bonchev–Trinajstić information content (AvgIpc) is 2.40. The van der Waals surface area contributed by atoms with E-state index in [1.807, 2.05) is 54.6 Å². The lowest BCUT2D eigenvalue weighted by atomic mass is 10.0. The molecular weight excluding hydrogens is 262 g/mol. The number of nitrogens with two attached hydrogens (primary N) is 1. The normalized spacial score (nSPS) is 11.4. The summed E-state index contributed by atoms with van der Waals surface area (Å²) < 4.78 is 0. The van der Waals surface area contributed by atoms with Crippen LogP contribution in [0.5, 0.6) is 0 Å². The van der Waals surface area contributed by atoms with Crippen molar-refractivity contribution in [3.05, 3.63) is 60.2 Å². The number of carboxylic acid groups (broad SMARTS) is 1. The van der Waals surface area contributed by atoms with E-state index in [2.05, 4.69) is 0 Å². The predicted octanol–water partition coefficient (Wildman–Crippen LogP) is 2.73. The molecule has 19 heavy (non-hydrogen) atoms. The zero-order valence-electron chi connectivity index (χ0n) is 10.3. The maximum absolute atomic E-state index is 10.7. The Kier molecular flexibility index (Phi) is 5.55. The Morgan fingerprint density at radius 2 is 1.53 bits per heavy atom. The maximum atomic E-state index is 10.7. The van der Waals surface area contributed by atoms with E-state index < -0.39 is 12.0 Å². The minimum absolute atomic E-state index is 0. The van der Waals surface area contributed by atoms with Gasteiger partial charge in [-0.2, -0.15) is 0 Å². The number of rotatable bonds is 4. The third-order valence-electron chi connectivity index (χ3n) is 2.83. The third kappa shape index (κ3) is 4.09. The van der Waals surface area contributed by atoms with Crippen LogP contribution in [0.3, 0.4) is 0 Å². The van der Waals surface area contributed by atoms with E-state index in [9.17, 15) is 4.79 Å². The fourth-order valence-corrected chi connectivity index (χ4v) is 1.81. The maximum Gasteiger partial charge on any atom is 0.320 e. The molecular formula is C15H16ClNO2. The molecule has 0 aliphatic heterocycles. The molecule has 0 aliphatic carbocycles. The smallest absolute Gasteiger partial charge is 0.320 e. The Balaban J connectivity index is 0.00000180. The van der Waals surface area contributed by atoms with Crippen LogP contribution in [0.4, 0.5) is 0 Å². The fourth-order valence-electron chi connectivity index (χ4n) is 1.81. The van der Waals surface area contributed by atoms with Crippen LogP contribution in [0, 0.1) is 0 Å². The number of hydrogen-bond donors (Lipinski definition) is 2. The van der Waals surface area contributed by atoms with E-state index >= 15 is 0 Å². The summed E-state index contributed by atoms with van der Waals surface area (Å²) in [6.45, 7) is 0. The van der Waals surface area contributed by atoms with E-state index in [0.717, 1.165) is 16.7 Å². The van der Waals surface area contributed by atoms with Crippen molar-refractivity contribution in [2.45, 2.75) is 12.5 Å². The molecule has 1 atom stereocenters. The molecule has 100 valence electrons. The lowest BCUT2D eigenvalue weighted by molar-refractivity contribution is -0.138. The minimum atomic E-state index is -0.970. The number of aliphatic carboxylic acids is 1. The summed E-state index contributed by atoms with van der Waals surface area (Å²) >= 11 is 0. The molecule has 0 unspecified atom stereocenters. The van der Waals surface area contributed by atoms with Gasteiger partial charge in [0.25, 0.3) is 0 Å². The summed E-state index contributed by atoms with van der Waals surface area (Å²) in [6.07, 6.45) is 0.352. The van der Waals surface area contributed by atoms with Crippen LogP contribution in [0.15, 0.2) is 54.6 Å². The zero-order valence-corrected chi connectivity index (χ0v) is 11.1. The van der Waals surface area contributed by atoms with Crippen molar-refractivity contribution in [3.63, 3.8) is 0 Å². The molecule has 0 spiro atoms. The quantitative estimate of drug-likeness (QED) is 0.903. The highest BCUT2D eigenvalue weighted by Gasteiger charge is 2.11. The van der Waals surface area contributed by atoms with Crippen LogP contribution in [-0.4, -0.2) is 17.1 Å². The first-order valence-electron chi connectivity index (χ1n) is 5.79. The molecule has 0 fully saturated rings.